The van der Waals surface area contributed by atoms with Gasteiger partial charge in [-0.2, -0.15) is 4.31 Å². The van der Waals surface area contributed by atoms with Crippen LogP contribution >= 0.6 is 11.8 Å². The van der Waals surface area contributed by atoms with E-state index >= 15 is 0 Å². The van der Waals surface area contributed by atoms with E-state index in [2.05, 4.69) is 5.32 Å². The van der Waals surface area contributed by atoms with Crippen LogP contribution in [0.2, 0.25) is 0 Å². The minimum absolute atomic E-state index is 0.0468. The second kappa shape index (κ2) is 10.1. The quantitative estimate of drug-likeness (QED) is 0.485. The first-order chi connectivity index (χ1) is 14.0. The second-order valence-corrected chi connectivity index (χ2v) is 10.1. The molecule has 0 aromatic heterocycles. The molecule has 1 amide bonds. The molecule has 3 rings (SSSR count). The van der Waals surface area contributed by atoms with E-state index in [1.807, 2.05) is 37.3 Å². The van der Waals surface area contributed by atoms with Crippen molar-refractivity contribution in [2.75, 3.05) is 26.2 Å². The number of sulfonamides is 1. The molecule has 0 saturated carbocycles. The van der Waals surface area contributed by atoms with Gasteiger partial charge < -0.3 is 10.1 Å². The third kappa shape index (κ3) is 5.98. The summed E-state index contributed by atoms with van der Waals surface area (Å²) in [5.41, 5.74) is 0. The number of nitrogens with zero attached hydrogens (tertiary/aromatic N) is 1. The molecule has 6 nitrogen and oxygen atoms in total. The first-order valence-electron chi connectivity index (χ1n) is 9.69. The highest BCUT2D eigenvalue weighted by atomic mass is 32.2. The van der Waals surface area contributed by atoms with Gasteiger partial charge >= 0.3 is 0 Å². The molecule has 1 aliphatic heterocycles. The minimum Gasteiger partial charge on any atom is -0.492 e. The summed E-state index contributed by atoms with van der Waals surface area (Å²) >= 11 is 1.51. The molecule has 8 heteroatoms. The number of nitrogens with one attached hydrogen (secondary N) is 1. The SMILES string of the molecule is C[C@@H](Sc1ccccc1)C(=O)NCCOc1ccc(S(=O)(=O)N2CCCC2)cc1. The van der Waals surface area contributed by atoms with Gasteiger partial charge in [0.15, 0.2) is 0 Å². The maximum atomic E-state index is 12.5. The van der Waals surface area contributed by atoms with Crippen molar-refractivity contribution in [2.45, 2.75) is 34.8 Å². The molecule has 2 aromatic carbocycles. The van der Waals surface area contributed by atoms with E-state index in [4.69, 9.17) is 4.74 Å². The molecule has 29 heavy (non-hydrogen) atoms. The summed E-state index contributed by atoms with van der Waals surface area (Å²) in [5, 5.41) is 2.66. The number of carbonyl (C=O) groups is 1. The molecule has 2 aromatic rings. The Hall–Kier alpha value is -2.03. The fraction of sp³-hybridized carbons (Fsp3) is 0.381. The highest BCUT2D eigenvalue weighted by Crippen LogP contribution is 2.23. The van der Waals surface area contributed by atoms with E-state index in [-0.39, 0.29) is 16.1 Å². The second-order valence-electron chi connectivity index (χ2n) is 6.80. The lowest BCUT2D eigenvalue weighted by Gasteiger charge is -2.16. The maximum Gasteiger partial charge on any atom is 0.243 e. The Labute approximate surface area is 176 Å². The Balaban J connectivity index is 1.42. The fourth-order valence-corrected chi connectivity index (χ4v) is 5.46. The fourth-order valence-electron chi connectivity index (χ4n) is 3.03. The molecule has 156 valence electrons. The molecule has 1 heterocycles. The molecule has 0 radical (unpaired) electrons. The van der Waals surface area contributed by atoms with Gasteiger partial charge in [0.1, 0.15) is 12.4 Å². The smallest absolute Gasteiger partial charge is 0.243 e. The molecule has 0 aliphatic carbocycles. The Kier molecular flexibility index (Phi) is 7.57. The van der Waals surface area contributed by atoms with Crippen LogP contribution in [0.1, 0.15) is 19.8 Å². The van der Waals surface area contributed by atoms with Crippen LogP contribution in [0.25, 0.3) is 0 Å². The van der Waals surface area contributed by atoms with Crippen LogP contribution in [-0.4, -0.2) is 50.1 Å². The highest BCUT2D eigenvalue weighted by molar-refractivity contribution is 8.00. The molecule has 1 aliphatic rings. The maximum absolute atomic E-state index is 12.5. The van der Waals surface area contributed by atoms with Gasteiger partial charge in [-0.05, 0) is 56.2 Å². The number of carbonyl (C=O) groups excluding carboxylic acids is 1. The van der Waals surface area contributed by atoms with Crippen molar-refractivity contribution in [1.29, 1.82) is 0 Å². The van der Waals surface area contributed by atoms with E-state index in [1.54, 1.807) is 24.3 Å². The van der Waals surface area contributed by atoms with Crippen molar-refractivity contribution in [3.05, 3.63) is 54.6 Å². The summed E-state index contributed by atoms with van der Waals surface area (Å²) in [5.74, 6) is 0.529. The van der Waals surface area contributed by atoms with Crippen LogP contribution in [0.3, 0.4) is 0 Å². The van der Waals surface area contributed by atoms with Crippen molar-refractivity contribution in [3.8, 4) is 5.75 Å². The van der Waals surface area contributed by atoms with Gasteiger partial charge in [-0.25, -0.2) is 8.42 Å². The predicted octanol–water partition coefficient (Wildman–Crippen LogP) is 3.15. The van der Waals surface area contributed by atoms with Crippen LogP contribution < -0.4 is 10.1 Å². The van der Waals surface area contributed by atoms with Gasteiger partial charge in [0.2, 0.25) is 15.9 Å². The van der Waals surface area contributed by atoms with Gasteiger partial charge in [0.05, 0.1) is 16.7 Å². The zero-order valence-electron chi connectivity index (χ0n) is 16.4. The zero-order chi connectivity index (χ0) is 20.7. The number of benzene rings is 2. The van der Waals surface area contributed by atoms with Gasteiger partial charge in [0, 0.05) is 18.0 Å². The highest BCUT2D eigenvalue weighted by Gasteiger charge is 2.26. The molecule has 0 bridgehead atoms. The molecule has 1 saturated heterocycles. The summed E-state index contributed by atoms with van der Waals surface area (Å²) in [7, 11) is -3.41. The van der Waals surface area contributed by atoms with E-state index in [0.29, 0.717) is 32.0 Å². The summed E-state index contributed by atoms with van der Waals surface area (Å²) < 4.78 is 32.2. The largest absolute Gasteiger partial charge is 0.492 e. The first kappa shape index (κ1) is 21.7. The van der Waals surface area contributed by atoms with Crippen LogP contribution in [0.5, 0.6) is 5.75 Å². The molecule has 1 N–H and O–H groups in total. The zero-order valence-corrected chi connectivity index (χ0v) is 18.0. The lowest BCUT2D eigenvalue weighted by Crippen LogP contribution is -2.33. The number of thioether (sulfide) groups is 1. The average molecular weight is 435 g/mol. The molecule has 0 spiro atoms. The third-order valence-electron chi connectivity index (χ3n) is 4.62. The van der Waals surface area contributed by atoms with Crippen molar-refractivity contribution in [1.82, 2.24) is 9.62 Å². The van der Waals surface area contributed by atoms with Gasteiger partial charge in [-0.15, -0.1) is 11.8 Å². The van der Waals surface area contributed by atoms with Crippen molar-refractivity contribution in [2.24, 2.45) is 0 Å². The van der Waals surface area contributed by atoms with Crippen molar-refractivity contribution in [3.63, 3.8) is 0 Å². The standard InChI is InChI=1S/C21H26N2O4S2/c1-17(28-19-7-3-2-4-8-19)21(24)22-13-16-27-18-9-11-20(12-10-18)29(25,26)23-14-5-6-15-23/h2-4,7-12,17H,5-6,13-16H2,1H3,(H,22,24)/t17-/m1/s1. The predicted molar refractivity (Wildman–Crippen MR) is 115 cm³/mol. The molecular formula is C21H26N2O4S2. The Morgan fingerprint density at radius 2 is 1.76 bits per heavy atom. The summed E-state index contributed by atoms with van der Waals surface area (Å²) in [6.07, 6.45) is 1.82. The molecule has 1 atom stereocenters. The number of hydrogen-bond donors (Lipinski definition) is 1. The van der Waals surface area contributed by atoms with Crippen LogP contribution in [0.4, 0.5) is 0 Å². The normalized spacial score (nSPS) is 15.8. The Morgan fingerprint density at radius 3 is 2.41 bits per heavy atom. The lowest BCUT2D eigenvalue weighted by molar-refractivity contribution is -0.120. The first-order valence-corrected chi connectivity index (χ1v) is 12.0. The van der Waals surface area contributed by atoms with Crippen LogP contribution in [0.15, 0.2) is 64.4 Å². The minimum atomic E-state index is -3.41. The monoisotopic (exact) mass is 434 g/mol. The van der Waals surface area contributed by atoms with Gasteiger partial charge in [-0.3, -0.25) is 4.79 Å². The summed E-state index contributed by atoms with van der Waals surface area (Å²) in [6, 6.07) is 16.2. The van der Waals surface area contributed by atoms with E-state index in [0.717, 1.165) is 17.7 Å². The van der Waals surface area contributed by atoms with E-state index in [1.165, 1.54) is 16.1 Å². The van der Waals surface area contributed by atoms with E-state index in [9.17, 15) is 13.2 Å². The number of amides is 1. The topological polar surface area (TPSA) is 75.7 Å². The number of ether oxygens (including phenoxy) is 1. The number of hydrogen-bond acceptors (Lipinski definition) is 5. The molecule has 0 unspecified atom stereocenters. The number of rotatable bonds is 9. The van der Waals surface area contributed by atoms with Gasteiger partial charge in [-0.1, -0.05) is 18.2 Å². The Morgan fingerprint density at radius 1 is 1.10 bits per heavy atom. The Bertz CT molecular complexity index is 896. The average Bonchev–Trinajstić information content (AvgIpc) is 3.28. The molecular weight excluding hydrogens is 408 g/mol. The van der Waals surface area contributed by atoms with Crippen molar-refractivity contribution < 1.29 is 17.9 Å². The van der Waals surface area contributed by atoms with Crippen LogP contribution in [-0.2, 0) is 14.8 Å². The van der Waals surface area contributed by atoms with Crippen molar-refractivity contribution >= 4 is 27.7 Å². The van der Waals surface area contributed by atoms with E-state index < -0.39 is 10.0 Å². The lowest BCUT2D eigenvalue weighted by atomic mass is 10.3. The summed E-state index contributed by atoms with van der Waals surface area (Å²) in [6.45, 7) is 3.73. The van der Waals surface area contributed by atoms with Gasteiger partial charge in [0.25, 0.3) is 0 Å². The molecule has 1 fully saturated rings. The third-order valence-corrected chi connectivity index (χ3v) is 7.65. The summed E-state index contributed by atoms with van der Waals surface area (Å²) in [4.78, 5) is 13.5. The van der Waals surface area contributed by atoms with Crippen LogP contribution in [0, 0.1) is 0 Å².